The fourth-order valence-electron chi connectivity index (χ4n) is 1.52. The van der Waals surface area contributed by atoms with Crippen molar-refractivity contribution in [2.75, 3.05) is 0 Å². The van der Waals surface area contributed by atoms with Crippen LogP contribution in [0.5, 0.6) is 5.75 Å². The molecule has 0 aliphatic heterocycles. The normalized spacial score (nSPS) is 11.0. The SMILES string of the molecule is NC(Cc1ccc(O)cc1)C(=O)O.O=[N+]([O-])c1ccccc1. The molecule has 0 fully saturated rings. The zero-order chi connectivity index (χ0) is 16.5. The van der Waals surface area contributed by atoms with Crippen molar-refractivity contribution in [3.8, 4) is 5.75 Å². The van der Waals surface area contributed by atoms with Crippen molar-refractivity contribution < 1.29 is 19.9 Å². The Kier molecular flexibility index (Phi) is 6.52. The summed E-state index contributed by atoms with van der Waals surface area (Å²) in [6.07, 6.45) is 0.273. The van der Waals surface area contributed by atoms with Crippen molar-refractivity contribution in [2.24, 2.45) is 5.73 Å². The van der Waals surface area contributed by atoms with E-state index in [1.165, 1.54) is 24.3 Å². The number of nitrogens with zero attached hydrogens (tertiary/aromatic N) is 1. The van der Waals surface area contributed by atoms with Crippen LogP contribution in [0.1, 0.15) is 5.56 Å². The van der Waals surface area contributed by atoms with Crippen LogP contribution in [0, 0.1) is 10.1 Å². The van der Waals surface area contributed by atoms with E-state index in [-0.39, 0.29) is 17.9 Å². The van der Waals surface area contributed by atoms with Crippen molar-refractivity contribution in [3.05, 3.63) is 70.3 Å². The second-order valence-electron chi connectivity index (χ2n) is 4.41. The molecule has 1 atom stereocenters. The van der Waals surface area contributed by atoms with Gasteiger partial charge < -0.3 is 15.9 Å². The second-order valence-corrected chi connectivity index (χ2v) is 4.41. The van der Waals surface area contributed by atoms with Gasteiger partial charge in [0.25, 0.3) is 5.69 Å². The number of nitro benzene ring substituents is 1. The third-order valence-corrected chi connectivity index (χ3v) is 2.68. The van der Waals surface area contributed by atoms with Gasteiger partial charge in [0.15, 0.2) is 0 Å². The minimum atomic E-state index is -1.02. The molecule has 116 valence electrons. The maximum Gasteiger partial charge on any atom is 0.320 e. The summed E-state index contributed by atoms with van der Waals surface area (Å²) in [6, 6.07) is 13.4. The summed E-state index contributed by atoms with van der Waals surface area (Å²) < 4.78 is 0. The topological polar surface area (TPSA) is 127 Å². The summed E-state index contributed by atoms with van der Waals surface area (Å²) in [6.45, 7) is 0. The number of carbonyl (C=O) groups is 1. The highest BCUT2D eigenvalue weighted by atomic mass is 16.6. The van der Waals surface area contributed by atoms with Crippen LogP contribution >= 0.6 is 0 Å². The fraction of sp³-hybridized carbons (Fsp3) is 0.133. The Balaban J connectivity index is 0.000000235. The minimum Gasteiger partial charge on any atom is -0.508 e. The van der Waals surface area contributed by atoms with Crippen molar-refractivity contribution in [1.82, 2.24) is 0 Å². The molecule has 0 radical (unpaired) electrons. The summed E-state index contributed by atoms with van der Waals surface area (Å²) in [7, 11) is 0. The van der Waals surface area contributed by atoms with Crippen LogP contribution in [0.15, 0.2) is 54.6 Å². The summed E-state index contributed by atoms with van der Waals surface area (Å²) in [5.41, 5.74) is 6.26. The highest BCUT2D eigenvalue weighted by molar-refractivity contribution is 5.73. The lowest BCUT2D eigenvalue weighted by atomic mass is 10.1. The molecule has 0 aliphatic carbocycles. The lowest BCUT2D eigenvalue weighted by Gasteiger charge is -2.05. The molecule has 22 heavy (non-hydrogen) atoms. The molecule has 4 N–H and O–H groups in total. The van der Waals surface area contributed by atoms with Crippen LogP contribution in [0.3, 0.4) is 0 Å². The van der Waals surface area contributed by atoms with E-state index in [1.807, 2.05) is 0 Å². The van der Waals surface area contributed by atoms with Gasteiger partial charge in [-0.25, -0.2) is 0 Å². The molecular formula is C15H16N2O5. The van der Waals surface area contributed by atoms with Crippen molar-refractivity contribution in [1.29, 1.82) is 0 Å². The van der Waals surface area contributed by atoms with Crippen LogP contribution in [-0.4, -0.2) is 27.1 Å². The number of aromatic hydroxyl groups is 1. The van der Waals surface area contributed by atoms with Gasteiger partial charge in [-0.05, 0) is 24.1 Å². The molecule has 7 heteroatoms. The third-order valence-electron chi connectivity index (χ3n) is 2.68. The fourth-order valence-corrected chi connectivity index (χ4v) is 1.52. The number of aliphatic carboxylic acids is 1. The molecule has 0 heterocycles. The second kappa shape index (κ2) is 8.38. The number of carboxylic acids is 1. The molecule has 2 rings (SSSR count). The zero-order valence-electron chi connectivity index (χ0n) is 11.6. The predicted molar refractivity (Wildman–Crippen MR) is 80.5 cm³/mol. The standard InChI is InChI=1S/C9H11NO3.C6H5NO2/c10-8(9(12)13)5-6-1-3-7(11)4-2-6;8-7(9)6-4-2-1-3-5-6/h1-4,8,11H,5,10H2,(H,12,13);1-5H. The van der Waals surface area contributed by atoms with Gasteiger partial charge in [-0.1, -0.05) is 30.3 Å². The molecule has 0 saturated carbocycles. The van der Waals surface area contributed by atoms with Crippen LogP contribution in [0.25, 0.3) is 0 Å². The van der Waals surface area contributed by atoms with Crippen molar-refractivity contribution in [3.63, 3.8) is 0 Å². The largest absolute Gasteiger partial charge is 0.508 e. The molecule has 0 amide bonds. The average Bonchev–Trinajstić information content (AvgIpc) is 2.51. The molecular weight excluding hydrogens is 288 g/mol. The highest BCUT2D eigenvalue weighted by Crippen LogP contribution is 2.10. The molecule has 0 aromatic heterocycles. The van der Waals surface area contributed by atoms with E-state index in [2.05, 4.69) is 0 Å². The van der Waals surface area contributed by atoms with Gasteiger partial charge in [-0.15, -0.1) is 0 Å². The van der Waals surface area contributed by atoms with E-state index in [9.17, 15) is 14.9 Å². The van der Waals surface area contributed by atoms with E-state index in [1.54, 1.807) is 30.3 Å². The maximum atomic E-state index is 10.4. The van der Waals surface area contributed by atoms with Crippen LogP contribution in [0.4, 0.5) is 5.69 Å². The summed E-state index contributed by atoms with van der Waals surface area (Å²) in [5.74, 6) is -0.860. The van der Waals surface area contributed by atoms with Gasteiger partial charge in [0.05, 0.1) is 4.92 Å². The van der Waals surface area contributed by atoms with Gasteiger partial charge in [0, 0.05) is 12.1 Å². The number of nitrogens with two attached hydrogens (primary N) is 1. The first-order valence-corrected chi connectivity index (χ1v) is 6.36. The van der Waals surface area contributed by atoms with E-state index in [0.717, 1.165) is 5.56 Å². The number of para-hydroxylation sites is 1. The molecule has 7 nitrogen and oxygen atoms in total. The number of hydrogen-bond acceptors (Lipinski definition) is 5. The van der Waals surface area contributed by atoms with Gasteiger partial charge >= 0.3 is 5.97 Å². The molecule has 0 bridgehead atoms. The van der Waals surface area contributed by atoms with Gasteiger partial charge in [0.1, 0.15) is 11.8 Å². The summed E-state index contributed by atoms with van der Waals surface area (Å²) in [4.78, 5) is 20.0. The Hall–Kier alpha value is -2.93. The van der Waals surface area contributed by atoms with Crippen LogP contribution in [-0.2, 0) is 11.2 Å². The monoisotopic (exact) mass is 304 g/mol. The van der Waals surface area contributed by atoms with Crippen LogP contribution < -0.4 is 5.73 Å². The number of phenolic OH excluding ortho intramolecular Hbond substituents is 1. The molecule has 2 aromatic rings. The quantitative estimate of drug-likeness (QED) is 0.585. The average molecular weight is 304 g/mol. The lowest BCUT2D eigenvalue weighted by Crippen LogP contribution is -2.32. The number of rotatable bonds is 4. The number of carboxylic acid groups (broad SMARTS) is 1. The van der Waals surface area contributed by atoms with E-state index in [4.69, 9.17) is 15.9 Å². The number of hydrogen-bond donors (Lipinski definition) is 3. The molecule has 1 unspecified atom stereocenters. The Labute approximate surface area is 126 Å². The van der Waals surface area contributed by atoms with E-state index < -0.39 is 16.9 Å². The van der Waals surface area contributed by atoms with Crippen molar-refractivity contribution >= 4 is 11.7 Å². The van der Waals surface area contributed by atoms with E-state index >= 15 is 0 Å². The van der Waals surface area contributed by atoms with Gasteiger partial charge in [-0.2, -0.15) is 0 Å². The predicted octanol–water partition coefficient (Wildman–Crippen LogP) is 1.94. The molecule has 0 spiro atoms. The van der Waals surface area contributed by atoms with Crippen molar-refractivity contribution in [2.45, 2.75) is 12.5 Å². The third kappa shape index (κ3) is 6.02. The minimum absolute atomic E-state index is 0.137. The Morgan fingerprint density at radius 3 is 2.09 bits per heavy atom. The Bertz CT molecular complexity index is 614. The maximum absolute atomic E-state index is 10.4. The first kappa shape index (κ1) is 17.1. The molecule has 0 aliphatic rings. The smallest absolute Gasteiger partial charge is 0.320 e. The van der Waals surface area contributed by atoms with Gasteiger partial charge in [0.2, 0.25) is 0 Å². The highest BCUT2D eigenvalue weighted by Gasteiger charge is 2.11. The van der Waals surface area contributed by atoms with Crippen LogP contribution in [0.2, 0.25) is 0 Å². The Morgan fingerprint density at radius 1 is 1.14 bits per heavy atom. The first-order valence-electron chi connectivity index (χ1n) is 6.36. The summed E-state index contributed by atoms with van der Waals surface area (Å²) >= 11 is 0. The van der Waals surface area contributed by atoms with E-state index in [0.29, 0.717) is 0 Å². The zero-order valence-corrected chi connectivity index (χ0v) is 11.6. The molecule has 2 aromatic carbocycles. The lowest BCUT2D eigenvalue weighted by molar-refractivity contribution is -0.384. The number of benzene rings is 2. The number of non-ortho nitro benzene ring substituents is 1. The number of phenols is 1. The number of nitro groups is 1. The first-order chi connectivity index (χ1) is 10.4. The molecule has 0 saturated heterocycles. The summed E-state index contributed by atoms with van der Waals surface area (Å²) in [5, 5.41) is 27.5. The van der Waals surface area contributed by atoms with Gasteiger partial charge in [-0.3, -0.25) is 14.9 Å². The Morgan fingerprint density at radius 2 is 1.68 bits per heavy atom.